The Bertz CT molecular complexity index is 497. The van der Waals surface area contributed by atoms with E-state index in [9.17, 15) is 14.9 Å². The summed E-state index contributed by atoms with van der Waals surface area (Å²) in [5, 5.41) is 18.2. The van der Waals surface area contributed by atoms with Crippen LogP contribution in [0.25, 0.3) is 0 Å². The Balaban J connectivity index is 2.74. The van der Waals surface area contributed by atoms with E-state index >= 15 is 0 Å². The lowest BCUT2D eigenvalue weighted by atomic mass is 10.1. The molecule has 1 rings (SSSR count). The Kier molecular flexibility index (Phi) is 5.44. The van der Waals surface area contributed by atoms with Gasteiger partial charge < -0.3 is 15.8 Å². The third-order valence-electron chi connectivity index (χ3n) is 2.56. The molecular formula is C11H19N5O4. The number of anilines is 1. The van der Waals surface area contributed by atoms with Gasteiger partial charge in [0.2, 0.25) is 11.7 Å². The first-order valence-electron chi connectivity index (χ1n) is 6.15. The van der Waals surface area contributed by atoms with Gasteiger partial charge in [-0.15, -0.1) is 0 Å². The van der Waals surface area contributed by atoms with Crippen molar-refractivity contribution in [3.05, 3.63) is 15.8 Å². The molecule has 20 heavy (non-hydrogen) atoms. The molecule has 112 valence electrons. The smallest absolute Gasteiger partial charge is 0.334 e. The van der Waals surface area contributed by atoms with Crippen molar-refractivity contribution in [1.82, 2.24) is 9.78 Å². The lowest BCUT2D eigenvalue weighted by Crippen LogP contribution is -2.21. The van der Waals surface area contributed by atoms with E-state index in [-0.39, 0.29) is 24.8 Å². The molecule has 0 saturated carbocycles. The number of aryl methyl sites for hydroxylation is 1. The van der Waals surface area contributed by atoms with Crippen LogP contribution in [0, 0.1) is 10.1 Å². The van der Waals surface area contributed by atoms with Crippen LogP contribution in [0.5, 0.6) is 0 Å². The van der Waals surface area contributed by atoms with Gasteiger partial charge in [0, 0.05) is 19.5 Å². The SMILES string of the molecule is CC(C)c1nn(C)c(NCCOCC(N)=O)c1[N+](=O)[O-]. The maximum Gasteiger partial charge on any atom is 0.334 e. The lowest BCUT2D eigenvalue weighted by molar-refractivity contribution is -0.384. The van der Waals surface area contributed by atoms with Gasteiger partial charge in [0.25, 0.3) is 0 Å². The molecule has 0 fully saturated rings. The number of hydrogen-bond donors (Lipinski definition) is 2. The predicted molar refractivity (Wildman–Crippen MR) is 72.5 cm³/mol. The molecule has 1 aromatic rings. The average molecular weight is 285 g/mol. The molecule has 1 heterocycles. The van der Waals surface area contributed by atoms with Crippen LogP contribution in [0.4, 0.5) is 11.5 Å². The highest BCUT2D eigenvalue weighted by Crippen LogP contribution is 2.32. The van der Waals surface area contributed by atoms with E-state index in [0.29, 0.717) is 18.1 Å². The van der Waals surface area contributed by atoms with Gasteiger partial charge in [0.1, 0.15) is 12.3 Å². The Morgan fingerprint density at radius 3 is 2.75 bits per heavy atom. The summed E-state index contributed by atoms with van der Waals surface area (Å²) in [6.07, 6.45) is 0. The fourth-order valence-electron chi connectivity index (χ4n) is 1.71. The van der Waals surface area contributed by atoms with E-state index in [2.05, 4.69) is 10.4 Å². The molecule has 0 aromatic carbocycles. The number of rotatable bonds is 8. The van der Waals surface area contributed by atoms with Crippen molar-refractivity contribution in [2.24, 2.45) is 12.8 Å². The second kappa shape index (κ2) is 6.85. The first-order chi connectivity index (χ1) is 9.34. The van der Waals surface area contributed by atoms with Gasteiger partial charge in [-0.25, -0.2) is 4.68 Å². The van der Waals surface area contributed by atoms with Crippen LogP contribution in [-0.4, -0.2) is 40.4 Å². The van der Waals surface area contributed by atoms with Crippen LogP contribution in [-0.2, 0) is 16.6 Å². The van der Waals surface area contributed by atoms with Crippen molar-refractivity contribution in [2.75, 3.05) is 25.1 Å². The van der Waals surface area contributed by atoms with Crippen LogP contribution >= 0.6 is 0 Å². The molecule has 0 radical (unpaired) electrons. The van der Waals surface area contributed by atoms with Crippen LogP contribution in [0.3, 0.4) is 0 Å². The minimum Gasteiger partial charge on any atom is -0.370 e. The third-order valence-corrected chi connectivity index (χ3v) is 2.56. The number of carbonyl (C=O) groups is 1. The molecule has 0 atom stereocenters. The molecule has 0 aliphatic carbocycles. The summed E-state index contributed by atoms with van der Waals surface area (Å²) < 4.78 is 6.41. The van der Waals surface area contributed by atoms with Gasteiger partial charge in [-0.05, 0) is 0 Å². The summed E-state index contributed by atoms with van der Waals surface area (Å²) in [6, 6.07) is 0. The van der Waals surface area contributed by atoms with E-state index in [1.807, 2.05) is 13.8 Å². The van der Waals surface area contributed by atoms with Crippen molar-refractivity contribution in [1.29, 1.82) is 0 Å². The Morgan fingerprint density at radius 2 is 2.25 bits per heavy atom. The quantitative estimate of drug-likeness (QED) is 0.403. The lowest BCUT2D eigenvalue weighted by Gasteiger charge is -2.06. The zero-order chi connectivity index (χ0) is 15.3. The molecule has 0 spiro atoms. The number of nitrogens with zero attached hydrogens (tertiary/aromatic N) is 3. The van der Waals surface area contributed by atoms with Crippen molar-refractivity contribution in [2.45, 2.75) is 19.8 Å². The molecule has 0 bridgehead atoms. The van der Waals surface area contributed by atoms with Crippen LogP contribution in [0.1, 0.15) is 25.5 Å². The fraction of sp³-hybridized carbons (Fsp3) is 0.636. The Hall–Kier alpha value is -2.16. The van der Waals surface area contributed by atoms with Gasteiger partial charge in [-0.2, -0.15) is 5.10 Å². The molecule has 0 saturated heterocycles. The monoisotopic (exact) mass is 285 g/mol. The summed E-state index contributed by atoms with van der Waals surface area (Å²) >= 11 is 0. The molecule has 3 N–H and O–H groups in total. The number of ether oxygens (including phenoxy) is 1. The van der Waals surface area contributed by atoms with E-state index in [1.54, 1.807) is 7.05 Å². The average Bonchev–Trinajstić information content (AvgIpc) is 2.66. The summed E-state index contributed by atoms with van der Waals surface area (Å²) in [7, 11) is 1.63. The summed E-state index contributed by atoms with van der Waals surface area (Å²) in [5.74, 6) is -0.289. The molecule has 1 aromatic heterocycles. The first kappa shape index (κ1) is 15.9. The van der Waals surface area contributed by atoms with Crippen molar-refractivity contribution in [3.8, 4) is 0 Å². The van der Waals surface area contributed by atoms with Crippen LogP contribution < -0.4 is 11.1 Å². The van der Waals surface area contributed by atoms with Crippen LogP contribution in [0.15, 0.2) is 0 Å². The number of hydrogen-bond acceptors (Lipinski definition) is 6. The van der Waals surface area contributed by atoms with E-state index in [1.165, 1.54) is 4.68 Å². The summed E-state index contributed by atoms with van der Waals surface area (Å²) in [6.45, 7) is 4.03. The largest absolute Gasteiger partial charge is 0.370 e. The van der Waals surface area contributed by atoms with Crippen LogP contribution in [0.2, 0.25) is 0 Å². The summed E-state index contributed by atoms with van der Waals surface area (Å²) in [4.78, 5) is 21.2. The Morgan fingerprint density at radius 1 is 1.60 bits per heavy atom. The topological polar surface area (TPSA) is 125 Å². The van der Waals surface area contributed by atoms with Gasteiger partial charge in [0.15, 0.2) is 0 Å². The highest BCUT2D eigenvalue weighted by Gasteiger charge is 2.28. The normalized spacial score (nSPS) is 10.8. The molecule has 0 aliphatic rings. The van der Waals surface area contributed by atoms with Gasteiger partial charge >= 0.3 is 5.69 Å². The van der Waals surface area contributed by atoms with E-state index < -0.39 is 10.8 Å². The number of nitrogens with two attached hydrogens (primary N) is 1. The summed E-state index contributed by atoms with van der Waals surface area (Å²) in [5.41, 5.74) is 5.32. The van der Waals surface area contributed by atoms with Gasteiger partial charge in [-0.1, -0.05) is 13.8 Å². The highest BCUT2D eigenvalue weighted by molar-refractivity contribution is 5.74. The number of nitrogens with one attached hydrogen (secondary N) is 1. The van der Waals surface area contributed by atoms with Crippen molar-refractivity contribution < 1.29 is 14.5 Å². The zero-order valence-electron chi connectivity index (χ0n) is 11.8. The van der Waals surface area contributed by atoms with Crippen molar-refractivity contribution in [3.63, 3.8) is 0 Å². The maximum absolute atomic E-state index is 11.2. The van der Waals surface area contributed by atoms with E-state index in [4.69, 9.17) is 10.5 Å². The first-order valence-corrected chi connectivity index (χ1v) is 6.15. The minimum atomic E-state index is -0.557. The Labute approximate surface area is 116 Å². The predicted octanol–water partition coefficient (Wildman–Crippen LogP) is 0.366. The van der Waals surface area contributed by atoms with Gasteiger partial charge in [0.05, 0.1) is 11.5 Å². The molecule has 0 unspecified atom stereocenters. The highest BCUT2D eigenvalue weighted by atomic mass is 16.6. The second-order valence-electron chi connectivity index (χ2n) is 4.56. The number of nitro groups is 1. The minimum absolute atomic E-state index is 0.0302. The second-order valence-corrected chi connectivity index (χ2v) is 4.56. The molecule has 9 nitrogen and oxygen atoms in total. The number of carbonyl (C=O) groups excluding carboxylic acids is 1. The zero-order valence-corrected chi connectivity index (χ0v) is 11.8. The fourth-order valence-corrected chi connectivity index (χ4v) is 1.71. The number of aromatic nitrogens is 2. The number of amides is 1. The molecule has 1 amide bonds. The van der Waals surface area contributed by atoms with Crippen molar-refractivity contribution >= 4 is 17.4 Å². The van der Waals surface area contributed by atoms with Gasteiger partial charge in [-0.3, -0.25) is 14.9 Å². The maximum atomic E-state index is 11.2. The number of primary amides is 1. The van der Waals surface area contributed by atoms with E-state index in [0.717, 1.165) is 0 Å². The molecule has 9 heteroatoms. The molecule has 0 aliphatic heterocycles. The standard InChI is InChI=1S/C11H19N5O4/c1-7(2)9-10(16(18)19)11(15(3)14-9)13-4-5-20-6-8(12)17/h7,13H,4-6H2,1-3H3,(H2,12,17). The molecular weight excluding hydrogens is 266 g/mol. The third kappa shape index (κ3) is 3.92.